The average Bonchev–Trinajstić information content (AvgIpc) is 2.15. The molecule has 0 amide bonds. The van der Waals surface area contributed by atoms with Gasteiger partial charge in [-0.05, 0) is 24.8 Å². The van der Waals surface area contributed by atoms with Gasteiger partial charge in [0.05, 0.1) is 5.97 Å². The number of unbranched alkanes of at least 4 members (excludes halogenated alkanes) is 4. The van der Waals surface area contributed by atoms with Gasteiger partial charge >= 0.3 is 0 Å². The van der Waals surface area contributed by atoms with Gasteiger partial charge in [-0.2, -0.15) is 0 Å². The fourth-order valence-electron chi connectivity index (χ4n) is 1.25. The summed E-state index contributed by atoms with van der Waals surface area (Å²) < 4.78 is 0. The van der Waals surface area contributed by atoms with E-state index in [9.17, 15) is 9.90 Å². The van der Waals surface area contributed by atoms with Crippen LogP contribution in [0.5, 0.6) is 0 Å². The molecular weight excluding hydrogens is 176 g/mol. The molecule has 2 nitrogen and oxygen atoms in total. The van der Waals surface area contributed by atoms with Crippen molar-refractivity contribution < 1.29 is 9.90 Å². The zero-order chi connectivity index (χ0) is 10.8. The molecule has 0 fully saturated rings. The van der Waals surface area contributed by atoms with Gasteiger partial charge in [0.15, 0.2) is 0 Å². The van der Waals surface area contributed by atoms with Crippen molar-refractivity contribution in [3.05, 3.63) is 24.3 Å². The first-order valence-electron chi connectivity index (χ1n) is 5.23. The van der Waals surface area contributed by atoms with Crippen LogP contribution in [0, 0.1) is 0 Å². The van der Waals surface area contributed by atoms with Crippen LogP contribution in [-0.2, 0) is 4.79 Å². The highest BCUT2D eigenvalue weighted by Crippen LogP contribution is 2.07. The maximum absolute atomic E-state index is 10.6. The van der Waals surface area contributed by atoms with Gasteiger partial charge in [0.25, 0.3) is 0 Å². The van der Waals surface area contributed by atoms with Gasteiger partial charge < -0.3 is 9.90 Å². The van der Waals surface area contributed by atoms with Crippen molar-refractivity contribution >= 4 is 5.97 Å². The van der Waals surface area contributed by atoms with E-state index in [4.69, 9.17) is 0 Å². The van der Waals surface area contributed by atoms with E-state index in [1.807, 2.05) is 0 Å². The van der Waals surface area contributed by atoms with Crippen LogP contribution in [0.15, 0.2) is 24.3 Å². The molecule has 0 aromatic rings. The normalized spacial score (nSPS) is 11.4. The van der Waals surface area contributed by atoms with Gasteiger partial charge in [-0.15, -0.1) is 6.58 Å². The first-order chi connectivity index (χ1) is 6.72. The monoisotopic (exact) mass is 195 g/mol. The van der Waals surface area contributed by atoms with Gasteiger partial charge in [-0.25, -0.2) is 0 Å². The fourth-order valence-corrected chi connectivity index (χ4v) is 1.25. The van der Waals surface area contributed by atoms with E-state index in [-0.39, 0.29) is 0 Å². The summed E-state index contributed by atoms with van der Waals surface area (Å²) in [5.41, 5.74) is 0.358. The number of carboxylic acid groups (broad SMARTS) is 1. The molecule has 14 heavy (non-hydrogen) atoms. The fraction of sp³-hybridized carbons (Fsp3) is 0.583. The van der Waals surface area contributed by atoms with Crippen molar-refractivity contribution in [3.8, 4) is 0 Å². The number of hydrogen-bond acceptors (Lipinski definition) is 2. The Balaban J connectivity index is 3.79. The third kappa shape index (κ3) is 6.46. The van der Waals surface area contributed by atoms with E-state index in [2.05, 4.69) is 13.5 Å². The van der Waals surface area contributed by atoms with Gasteiger partial charge in [0.1, 0.15) is 0 Å². The maximum atomic E-state index is 10.6. The van der Waals surface area contributed by atoms with Crippen molar-refractivity contribution in [2.75, 3.05) is 0 Å². The Kier molecular flexibility index (Phi) is 7.90. The minimum atomic E-state index is -1.07. The van der Waals surface area contributed by atoms with Crippen LogP contribution in [0.4, 0.5) is 0 Å². The first kappa shape index (κ1) is 12.9. The molecule has 0 aliphatic rings. The molecule has 0 bridgehead atoms. The molecule has 0 aliphatic carbocycles. The number of allylic oxidation sites excluding steroid dienone is 2. The Morgan fingerprint density at radius 1 is 1.36 bits per heavy atom. The topological polar surface area (TPSA) is 40.1 Å². The third-order valence-corrected chi connectivity index (χ3v) is 2.07. The molecule has 0 heterocycles. The molecule has 0 N–H and O–H groups in total. The van der Waals surface area contributed by atoms with Crippen LogP contribution in [0.1, 0.15) is 45.4 Å². The Hall–Kier alpha value is -1.05. The summed E-state index contributed by atoms with van der Waals surface area (Å²) in [6.07, 6.45) is 9.22. The van der Waals surface area contributed by atoms with Crippen molar-refractivity contribution in [2.24, 2.45) is 0 Å². The molecule has 0 atom stereocenters. The van der Waals surface area contributed by atoms with Crippen LogP contribution >= 0.6 is 0 Å². The second-order valence-corrected chi connectivity index (χ2v) is 3.36. The standard InChI is InChI=1S/C12H20O2/c1-3-5-6-7-8-10-11(9-4-2)12(13)14/h4,10H,2-3,5-9H2,1H3,(H,13,14)/p-1. The molecule has 0 saturated heterocycles. The van der Waals surface area contributed by atoms with E-state index in [1.165, 1.54) is 19.3 Å². The zero-order valence-electron chi connectivity index (χ0n) is 8.92. The molecule has 0 aromatic carbocycles. The Morgan fingerprint density at radius 2 is 2.07 bits per heavy atom. The molecule has 0 aromatic heterocycles. The summed E-state index contributed by atoms with van der Waals surface area (Å²) in [4.78, 5) is 10.6. The highest BCUT2D eigenvalue weighted by molar-refractivity contribution is 5.84. The maximum Gasteiger partial charge on any atom is 0.0674 e. The lowest BCUT2D eigenvalue weighted by atomic mass is 10.1. The third-order valence-electron chi connectivity index (χ3n) is 2.07. The highest BCUT2D eigenvalue weighted by Gasteiger charge is 1.94. The second kappa shape index (κ2) is 8.54. The largest absolute Gasteiger partial charge is 0.545 e. The molecule has 0 rings (SSSR count). The predicted molar refractivity (Wildman–Crippen MR) is 56.7 cm³/mol. The summed E-state index contributed by atoms with van der Waals surface area (Å²) in [5, 5.41) is 10.6. The van der Waals surface area contributed by atoms with E-state index in [0.717, 1.165) is 12.8 Å². The number of carboxylic acids is 1. The first-order valence-corrected chi connectivity index (χ1v) is 5.23. The number of carbonyl (C=O) groups excluding carboxylic acids is 1. The summed E-state index contributed by atoms with van der Waals surface area (Å²) in [6, 6.07) is 0. The number of hydrogen-bond donors (Lipinski definition) is 0. The Bertz CT molecular complexity index is 204. The van der Waals surface area contributed by atoms with E-state index in [0.29, 0.717) is 12.0 Å². The van der Waals surface area contributed by atoms with E-state index < -0.39 is 5.97 Å². The SMILES string of the molecule is C=CCC(=CCCCCCC)C(=O)[O-]. The molecular formula is C12H19O2-. The van der Waals surface area contributed by atoms with Crippen LogP contribution in [0.2, 0.25) is 0 Å². The van der Waals surface area contributed by atoms with Crippen molar-refractivity contribution in [3.63, 3.8) is 0 Å². The highest BCUT2D eigenvalue weighted by atomic mass is 16.4. The van der Waals surface area contributed by atoms with Gasteiger partial charge in [0, 0.05) is 0 Å². The quantitative estimate of drug-likeness (QED) is 0.338. The molecule has 80 valence electrons. The number of carbonyl (C=O) groups is 1. The average molecular weight is 195 g/mol. The smallest absolute Gasteiger partial charge is 0.0674 e. The lowest BCUT2D eigenvalue weighted by molar-refractivity contribution is -0.299. The molecule has 0 spiro atoms. The minimum Gasteiger partial charge on any atom is -0.545 e. The van der Waals surface area contributed by atoms with Gasteiger partial charge in [-0.1, -0.05) is 38.3 Å². The van der Waals surface area contributed by atoms with Crippen molar-refractivity contribution in [1.82, 2.24) is 0 Å². The Labute approximate surface area is 86.3 Å². The minimum absolute atomic E-state index is 0.358. The summed E-state index contributed by atoms with van der Waals surface area (Å²) in [5.74, 6) is -1.07. The Morgan fingerprint density at radius 3 is 2.57 bits per heavy atom. The molecule has 2 heteroatoms. The van der Waals surface area contributed by atoms with Crippen LogP contribution < -0.4 is 5.11 Å². The summed E-state index contributed by atoms with van der Waals surface area (Å²) >= 11 is 0. The second-order valence-electron chi connectivity index (χ2n) is 3.36. The van der Waals surface area contributed by atoms with Crippen LogP contribution in [-0.4, -0.2) is 5.97 Å². The molecule has 0 aliphatic heterocycles. The number of aliphatic carboxylic acids is 1. The number of rotatable bonds is 8. The van der Waals surface area contributed by atoms with Gasteiger partial charge in [-0.3, -0.25) is 0 Å². The zero-order valence-corrected chi connectivity index (χ0v) is 8.92. The molecule has 0 radical (unpaired) electrons. The molecule has 0 unspecified atom stereocenters. The lowest BCUT2D eigenvalue weighted by Crippen LogP contribution is -2.24. The van der Waals surface area contributed by atoms with E-state index in [1.54, 1.807) is 12.2 Å². The van der Waals surface area contributed by atoms with Gasteiger partial charge in [0.2, 0.25) is 0 Å². The summed E-state index contributed by atoms with van der Waals surface area (Å²) in [6.45, 7) is 5.66. The predicted octanol–water partition coefficient (Wildman–Crippen LogP) is 2.21. The summed E-state index contributed by atoms with van der Waals surface area (Å²) in [7, 11) is 0. The van der Waals surface area contributed by atoms with Crippen molar-refractivity contribution in [1.29, 1.82) is 0 Å². The van der Waals surface area contributed by atoms with Crippen molar-refractivity contribution in [2.45, 2.75) is 45.4 Å². The van der Waals surface area contributed by atoms with Crippen LogP contribution in [0.3, 0.4) is 0 Å². The molecule has 0 saturated carbocycles. The van der Waals surface area contributed by atoms with E-state index >= 15 is 0 Å². The van der Waals surface area contributed by atoms with Crippen LogP contribution in [0.25, 0.3) is 0 Å². The lowest BCUT2D eigenvalue weighted by Gasteiger charge is -2.05.